The van der Waals surface area contributed by atoms with E-state index in [1.807, 2.05) is 0 Å². The summed E-state index contributed by atoms with van der Waals surface area (Å²) >= 11 is 0. The third-order valence-electron chi connectivity index (χ3n) is 1.61. The number of aromatic nitrogens is 2. The number of methoxy groups -OCH3 is 1. The van der Waals surface area contributed by atoms with Crippen molar-refractivity contribution in [3.05, 3.63) is 12.5 Å². The highest BCUT2D eigenvalue weighted by atomic mass is 16.5. The van der Waals surface area contributed by atoms with Crippen LogP contribution in [0.5, 0.6) is 0 Å². The maximum absolute atomic E-state index is 11.2. The fourth-order valence-corrected chi connectivity index (χ4v) is 0.978. The number of ether oxygens (including phenoxy) is 1. The number of rotatable bonds is 5. The lowest BCUT2D eigenvalue weighted by molar-refractivity contribution is -0.121. The first-order valence-electron chi connectivity index (χ1n) is 4.25. The summed E-state index contributed by atoms with van der Waals surface area (Å²) in [5.41, 5.74) is 5.39. The number of anilines is 1. The van der Waals surface area contributed by atoms with Gasteiger partial charge >= 0.3 is 0 Å². The van der Waals surface area contributed by atoms with Gasteiger partial charge in [-0.2, -0.15) is 0 Å². The van der Waals surface area contributed by atoms with Crippen LogP contribution >= 0.6 is 0 Å². The first kappa shape index (κ1) is 10.5. The molecule has 14 heavy (non-hydrogen) atoms. The summed E-state index contributed by atoms with van der Waals surface area (Å²) in [6.45, 7) is 1.26. The number of carbonyl (C=O) groups is 1. The molecule has 0 fully saturated rings. The number of nitrogens with two attached hydrogens (primary N) is 1. The van der Waals surface area contributed by atoms with Gasteiger partial charge in [0.05, 0.1) is 12.9 Å². The van der Waals surface area contributed by atoms with Crippen LogP contribution in [0.25, 0.3) is 0 Å². The first-order valence-corrected chi connectivity index (χ1v) is 4.25. The maximum atomic E-state index is 11.2. The predicted octanol–water partition coefficient (Wildman–Crippen LogP) is -0.772. The molecule has 1 aromatic rings. The fourth-order valence-electron chi connectivity index (χ4n) is 0.978. The lowest BCUT2D eigenvalue weighted by Crippen LogP contribution is -2.29. The van der Waals surface area contributed by atoms with Crippen LogP contribution in [0.3, 0.4) is 0 Å². The molecule has 0 aliphatic rings. The zero-order valence-corrected chi connectivity index (χ0v) is 8.06. The van der Waals surface area contributed by atoms with Crippen molar-refractivity contribution in [1.82, 2.24) is 14.9 Å². The molecule has 0 atom stereocenters. The zero-order valence-electron chi connectivity index (χ0n) is 8.06. The molecule has 78 valence electrons. The van der Waals surface area contributed by atoms with E-state index in [0.29, 0.717) is 19.0 Å². The number of carbonyl (C=O) groups excluding carboxylic acids is 1. The minimum Gasteiger partial charge on any atom is -0.383 e. The summed E-state index contributed by atoms with van der Waals surface area (Å²) in [6, 6.07) is 0. The third-order valence-corrected chi connectivity index (χ3v) is 1.61. The molecule has 0 saturated heterocycles. The molecule has 3 N–H and O–H groups in total. The molecular formula is C8H14N4O2. The van der Waals surface area contributed by atoms with E-state index in [-0.39, 0.29) is 12.5 Å². The van der Waals surface area contributed by atoms with E-state index in [1.54, 1.807) is 17.9 Å². The summed E-state index contributed by atoms with van der Waals surface area (Å²) in [5.74, 6) is 0.328. The number of hydrogen-bond acceptors (Lipinski definition) is 4. The predicted molar refractivity (Wildman–Crippen MR) is 51.5 cm³/mol. The smallest absolute Gasteiger partial charge is 0.240 e. The van der Waals surface area contributed by atoms with Crippen LogP contribution in [-0.2, 0) is 16.1 Å². The molecule has 0 bridgehead atoms. The summed E-state index contributed by atoms with van der Waals surface area (Å²) in [5, 5.41) is 2.69. The van der Waals surface area contributed by atoms with Crippen LogP contribution in [0.2, 0.25) is 0 Å². The highest BCUT2D eigenvalue weighted by Crippen LogP contribution is 1.95. The Morgan fingerprint density at radius 3 is 3.14 bits per heavy atom. The Kier molecular flexibility index (Phi) is 3.93. The molecule has 1 amide bonds. The Morgan fingerprint density at radius 1 is 1.79 bits per heavy atom. The third kappa shape index (κ3) is 3.44. The quantitative estimate of drug-likeness (QED) is 0.608. The van der Waals surface area contributed by atoms with E-state index >= 15 is 0 Å². The summed E-state index contributed by atoms with van der Waals surface area (Å²) in [6.07, 6.45) is 3.13. The minimum absolute atomic E-state index is 0.0838. The van der Waals surface area contributed by atoms with Gasteiger partial charge in [0.15, 0.2) is 0 Å². The number of hydrogen-bond donors (Lipinski definition) is 2. The SMILES string of the molecule is COCCNC(=O)Cn1cnc(N)c1. The Labute approximate surface area is 82.1 Å². The van der Waals surface area contributed by atoms with Crippen LogP contribution in [0, 0.1) is 0 Å². The second-order valence-corrected chi connectivity index (χ2v) is 2.81. The molecule has 0 saturated carbocycles. The van der Waals surface area contributed by atoms with Gasteiger partial charge in [0.2, 0.25) is 5.91 Å². The first-order chi connectivity index (χ1) is 6.72. The number of nitrogens with one attached hydrogen (secondary N) is 1. The van der Waals surface area contributed by atoms with E-state index in [0.717, 1.165) is 0 Å². The monoisotopic (exact) mass is 198 g/mol. The van der Waals surface area contributed by atoms with Gasteiger partial charge in [0.1, 0.15) is 12.4 Å². The minimum atomic E-state index is -0.0838. The van der Waals surface area contributed by atoms with E-state index in [2.05, 4.69) is 10.3 Å². The molecule has 1 rings (SSSR count). The Hall–Kier alpha value is -1.56. The van der Waals surface area contributed by atoms with Gasteiger partial charge in [-0.3, -0.25) is 4.79 Å². The van der Waals surface area contributed by atoms with Crippen molar-refractivity contribution in [2.45, 2.75) is 6.54 Å². The van der Waals surface area contributed by atoms with E-state index in [1.165, 1.54) is 6.33 Å². The topological polar surface area (TPSA) is 82.2 Å². The number of amides is 1. The van der Waals surface area contributed by atoms with Gasteiger partial charge in [-0.05, 0) is 0 Å². The standard InChI is InChI=1S/C8H14N4O2/c1-14-3-2-10-8(13)5-12-4-7(9)11-6-12/h4,6H,2-3,5,9H2,1H3,(H,10,13). The molecular weight excluding hydrogens is 184 g/mol. The molecule has 0 aliphatic heterocycles. The van der Waals surface area contributed by atoms with E-state index in [9.17, 15) is 4.79 Å². The van der Waals surface area contributed by atoms with Crippen molar-refractivity contribution in [2.24, 2.45) is 0 Å². The maximum Gasteiger partial charge on any atom is 0.240 e. The number of imidazole rings is 1. The lowest BCUT2D eigenvalue weighted by Gasteiger charge is -2.04. The molecule has 1 aromatic heterocycles. The average molecular weight is 198 g/mol. The van der Waals surface area contributed by atoms with Gasteiger partial charge < -0.3 is 20.4 Å². The normalized spacial score (nSPS) is 10.1. The average Bonchev–Trinajstić information content (AvgIpc) is 2.52. The van der Waals surface area contributed by atoms with Crippen molar-refractivity contribution in [3.63, 3.8) is 0 Å². The van der Waals surface area contributed by atoms with E-state index < -0.39 is 0 Å². The Morgan fingerprint density at radius 2 is 2.57 bits per heavy atom. The van der Waals surface area contributed by atoms with Gasteiger partial charge in [-0.15, -0.1) is 0 Å². The number of nitrogens with zero attached hydrogens (tertiary/aromatic N) is 2. The second-order valence-electron chi connectivity index (χ2n) is 2.81. The molecule has 0 aromatic carbocycles. The van der Waals surface area contributed by atoms with Gasteiger partial charge in [0, 0.05) is 19.9 Å². The van der Waals surface area contributed by atoms with Gasteiger partial charge in [0.25, 0.3) is 0 Å². The molecule has 6 heteroatoms. The largest absolute Gasteiger partial charge is 0.383 e. The van der Waals surface area contributed by atoms with E-state index in [4.69, 9.17) is 10.5 Å². The summed E-state index contributed by atoms with van der Waals surface area (Å²) < 4.78 is 6.42. The van der Waals surface area contributed by atoms with Crippen molar-refractivity contribution in [3.8, 4) is 0 Å². The highest BCUT2D eigenvalue weighted by Gasteiger charge is 2.01. The van der Waals surface area contributed by atoms with Crippen molar-refractivity contribution in [2.75, 3.05) is 26.0 Å². The van der Waals surface area contributed by atoms with Crippen LogP contribution in [0.1, 0.15) is 0 Å². The van der Waals surface area contributed by atoms with Crippen molar-refractivity contribution >= 4 is 11.7 Å². The van der Waals surface area contributed by atoms with Gasteiger partial charge in [-0.1, -0.05) is 0 Å². The summed E-state index contributed by atoms with van der Waals surface area (Å²) in [4.78, 5) is 15.0. The number of nitrogen functional groups attached to an aromatic ring is 1. The second kappa shape index (κ2) is 5.23. The van der Waals surface area contributed by atoms with Crippen LogP contribution in [-0.4, -0.2) is 35.7 Å². The molecule has 1 heterocycles. The van der Waals surface area contributed by atoms with Gasteiger partial charge in [-0.25, -0.2) is 4.98 Å². The molecule has 0 unspecified atom stereocenters. The molecule has 0 aliphatic carbocycles. The van der Waals surface area contributed by atoms with Crippen molar-refractivity contribution in [1.29, 1.82) is 0 Å². The zero-order chi connectivity index (χ0) is 10.4. The molecule has 6 nitrogen and oxygen atoms in total. The fraction of sp³-hybridized carbons (Fsp3) is 0.500. The highest BCUT2D eigenvalue weighted by molar-refractivity contribution is 5.75. The summed E-state index contributed by atoms with van der Waals surface area (Å²) in [7, 11) is 1.59. The van der Waals surface area contributed by atoms with Crippen LogP contribution in [0.15, 0.2) is 12.5 Å². The Bertz CT molecular complexity index is 297. The van der Waals surface area contributed by atoms with Crippen molar-refractivity contribution < 1.29 is 9.53 Å². The van der Waals surface area contributed by atoms with Crippen LogP contribution < -0.4 is 11.1 Å². The molecule has 0 spiro atoms. The lowest BCUT2D eigenvalue weighted by atomic mass is 10.5. The molecule has 0 radical (unpaired) electrons. The van der Waals surface area contributed by atoms with Crippen LogP contribution in [0.4, 0.5) is 5.82 Å². The Balaban J connectivity index is 2.27.